The highest BCUT2D eigenvalue weighted by atomic mass is 19.4. The lowest BCUT2D eigenvalue weighted by molar-refractivity contribution is -0.141. The second-order valence-corrected chi connectivity index (χ2v) is 5.88. The zero-order valence-corrected chi connectivity index (χ0v) is 12.3. The van der Waals surface area contributed by atoms with Gasteiger partial charge < -0.3 is 9.47 Å². The molecule has 1 aliphatic rings. The van der Waals surface area contributed by atoms with Crippen LogP contribution in [0.15, 0.2) is 18.5 Å². The van der Waals surface area contributed by atoms with Crippen LogP contribution in [-0.4, -0.2) is 38.2 Å². The predicted molar refractivity (Wildman–Crippen MR) is 74.0 cm³/mol. The molecule has 1 N–H and O–H groups in total. The molecule has 0 saturated heterocycles. The molecule has 0 unspecified atom stereocenters. The third kappa shape index (κ3) is 3.32. The minimum Gasteiger partial charge on any atom is -0.334 e. The van der Waals surface area contributed by atoms with Crippen molar-refractivity contribution in [2.24, 2.45) is 5.92 Å². The highest BCUT2D eigenvalue weighted by molar-refractivity contribution is 5.10. The predicted octanol–water partition coefficient (Wildman–Crippen LogP) is 2.32. The maximum Gasteiger partial charge on any atom is 0.434 e. The summed E-state index contributed by atoms with van der Waals surface area (Å²) in [6, 6.07) is 1.92. The Morgan fingerprint density at radius 1 is 1.45 bits per heavy atom. The summed E-state index contributed by atoms with van der Waals surface area (Å²) in [4.78, 5) is 5.87. The number of rotatable bonds is 4. The van der Waals surface area contributed by atoms with Gasteiger partial charge >= 0.3 is 6.18 Å². The minimum atomic E-state index is -4.36. The molecule has 22 heavy (non-hydrogen) atoms. The van der Waals surface area contributed by atoms with E-state index in [1.807, 2.05) is 13.1 Å². The van der Waals surface area contributed by atoms with E-state index >= 15 is 0 Å². The van der Waals surface area contributed by atoms with Gasteiger partial charge in [-0.1, -0.05) is 0 Å². The molecule has 1 aliphatic heterocycles. The first-order chi connectivity index (χ1) is 10.4. The molecule has 0 bridgehead atoms. The van der Waals surface area contributed by atoms with Gasteiger partial charge in [-0.2, -0.15) is 18.3 Å². The Balaban J connectivity index is 1.60. The van der Waals surface area contributed by atoms with Gasteiger partial charge in [-0.05, 0) is 25.5 Å². The van der Waals surface area contributed by atoms with Gasteiger partial charge in [0.15, 0.2) is 5.69 Å². The lowest BCUT2D eigenvalue weighted by Crippen LogP contribution is -2.31. The van der Waals surface area contributed by atoms with Gasteiger partial charge in [0.25, 0.3) is 0 Å². The van der Waals surface area contributed by atoms with Gasteiger partial charge in [0, 0.05) is 44.1 Å². The number of aromatic nitrogens is 4. The van der Waals surface area contributed by atoms with Crippen LogP contribution in [-0.2, 0) is 25.7 Å². The van der Waals surface area contributed by atoms with E-state index in [0.717, 1.165) is 31.4 Å². The first kappa shape index (κ1) is 15.1. The van der Waals surface area contributed by atoms with E-state index in [1.54, 1.807) is 10.8 Å². The van der Waals surface area contributed by atoms with Gasteiger partial charge in [0.2, 0.25) is 0 Å². The number of nitrogens with one attached hydrogen (secondary N) is 1. The Labute approximate surface area is 126 Å². The number of nitrogens with zero attached hydrogens (tertiary/aromatic N) is 4. The van der Waals surface area contributed by atoms with E-state index < -0.39 is 11.9 Å². The zero-order valence-electron chi connectivity index (χ0n) is 12.3. The topological polar surface area (TPSA) is 49.7 Å². The monoisotopic (exact) mass is 313 g/mol. The second-order valence-electron chi connectivity index (χ2n) is 5.88. The van der Waals surface area contributed by atoms with Crippen LogP contribution in [0, 0.1) is 5.92 Å². The number of hydrogen-bond acceptors (Lipinski definition) is 3. The fraction of sp³-hybridized carbons (Fsp3) is 0.571. The first-order valence-electron chi connectivity index (χ1n) is 7.22. The van der Waals surface area contributed by atoms with E-state index in [1.165, 1.54) is 0 Å². The van der Waals surface area contributed by atoms with Gasteiger partial charge in [-0.3, -0.25) is 5.10 Å². The van der Waals surface area contributed by atoms with Crippen molar-refractivity contribution in [3.63, 3.8) is 0 Å². The normalized spacial score (nSPS) is 18.7. The number of hydrogen-bond donors (Lipinski definition) is 1. The average molecular weight is 313 g/mol. The van der Waals surface area contributed by atoms with Crippen molar-refractivity contribution in [1.29, 1.82) is 0 Å². The molecule has 8 heteroatoms. The zero-order chi connectivity index (χ0) is 15.7. The maximum absolute atomic E-state index is 12.7. The number of alkyl halides is 3. The molecule has 0 aromatic carbocycles. The summed E-state index contributed by atoms with van der Waals surface area (Å²) in [5.41, 5.74) is 0.245. The fourth-order valence-corrected chi connectivity index (χ4v) is 2.97. The quantitative estimate of drug-likeness (QED) is 0.942. The largest absolute Gasteiger partial charge is 0.434 e. The molecular formula is C14H18F3N5. The van der Waals surface area contributed by atoms with Gasteiger partial charge in [0.05, 0.1) is 0 Å². The molecule has 2 aromatic heterocycles. The fourth-order valence-electron chi connectivity index (χ4n) is 2.97. The molecule has 0 radical (unpaired) electrons. The van der Waals surface area contributed by atoms with E-state index in [0.29, 0.717) is 24.7 Å². The number of aromatic amines is 1. The Bertz CT molecular complexity index is 617. The third-order valence-corrected chi connectivity index (χ3v) is 3.95. The number of halogens is 3. The van der Waals surface area contributed by atoms with Crippen molar-refractivity contribution in [3.8, 4) is 0 Å². The summed E-state index contributed by atoms with van der Waals surface area (Å²) in [6.45, 7) is 2.17. The number of H-pyrrole nitrogens is 1. The molecule has 0 fully saturated rings. The van der Waals surface area contributed by atoms with E-state index in [9.17, 15) is 13.2 Å². The molecule has 3 heterocycles. The van der Waals surface area contributed by atoms with Crippen LogP contribution in [0.25, 0.3) is 0 Å². The van der Waals surface area contributed by atoms with Crippen LogP contribution in [0.2, 0.25) is 0 Å². The highest BCUT2D eigenvalue weighted by Crippen LogP contribution is 2.30. The summed E-state index contributed by atoms with van der Waals surface area (Å²) in [5.74, 6) is 0.871. The molecule has 2 aromatic rings. The number of aryl methyl sites for hydroxylation is 1. The second kappa shape index (κ2) is 5.75. The molecular weight excluding hydrogens is 295 g/mol. The summed E-state index contributed by atoms with van der Waals surface area (Å²) in [6.07, 6.45) is -0.0614. The average Bonchev–Trinajstić information content (AvgIpc) is 3.06. The SMILES string of the molecule is CN(Cc1ccn[nH]1)C[C@H]1CCc2nc(C(F)(F)F)cn2C1. The third-order valence-electron chi connectivity index (χ3n) is 3.95. The summed E-state index contributed by atoms with van der Waals surface area (Å²) >= 11 is 0. The van der Waals surface area contributed by atoms with Crippen molar-refractivity contribution in [2.45, 2.75) is 32.1 Å². The first-order valence-corrected chi connectivity index (χ1v) is 7.22. The molecule has 0 amide bonds. The van der Waals surface area contributed by atoms with Crippen molar-refractivity contribution in [3.05, 3.63) is 35.7 Å². The lowest BCUT2D eigenvalue weighted by atomic mass is 9.99. The Kier molecular flexibility index (Phi) is 3.94. The Morgan fingerprint density at radius 2 is 2.27 bits per heavy atom. The van der Waals surface area contributed by atoms with Crippen LogP contribution < -0.4 is 0 Å². The van der Waals surface area contributed by atoms with Crippen LogP contribution in [0.5, 0.6) is 0 Å². The molecule has 0 spiro atoms. The maximum atomic E-state index is 12.7. The molecule has 5 nitrogen and oxygen atoms in total. The van der Waals surface area contributed by atoms with Crippen LogP contribution >= 0.6 is 0 Å². The number of imidazole rings is 1. The highest BCUT2D eigenvalue weighted by Gasteiger charge is 2.35. The Morgan fingerprint density at radius 3 is 2.95 bits per heavy atom. The van der Waals surface area contributed by atoms with Crippen LogP contribution in [0.4, 0.5) is 13.2 Å². The molecule has 120 valence electrons. The van der Waals surface area contributed by atoms with Gasteiger partial charge in [0.1, 0.15) is 5.82 Å². The van der Waals surface area contributed by atoms with E-state index in [2.05, 4.69) is 20.1 Å². The molecule has 1 atom stereocenters. The summed E-state index contributed by atoms with van der Waals surface area (Å²) in [7, 11) is 2.01. The van der Waals surface area contributed by atoms with Crippen LogP contribution in [0.3, 0.4) is 0 Å². The molecule has 3 rings (SSSR count). The molecule has 0 aliphatic carbocycles. The lowest BCUT2D eigenvalue weighted by Gasteiger charge is -2.27. The Hall–Kier alpha value is -1.83. The van der Waals surface area contributed by atoms with E-state index in [-0.39, 0.29) is 0 Å². The van der Waals surface area contributed by atoms with Gasteiger partial charge in [-0.25, -0.2) is 4.98 Å². The summed E-state index contributed by atoms with van der Waals surface area (Å²) in [5, 5.41) is 6.82. The van der Waals surface area contributed by atoms with Crippen molar-refractivity contribution in [2.75, 3.05) is 13.6 Å². The molecule has 0 saturated carbocycles. The van der Waals surface area contributed by atoms with E-state index in [4.69, 9.17) is 0 Å². The minimum absolute atomic E-state index is 0.329. The van der Waals surface area contributed by atoms with Crippen molar-refractivity contribution in [1.82, 2.24) is 24.6 Å². The smallest absolute Gasteiger partial charge is 0.334 e. The van der Waals surface area contributed by atoms with Crippen LogP contribution in [0.1, 0.15) is 23.6 Å². The summed E-state index contributed by atoms with van der Waals surface area (Å²) < 4.78 is 39.8. The number of fused-ring (bicyclic) bond motifs is 1. The standard InChI is InChI=1S/C14H18F3N5/c1-21(8-11-4-5-18-20-11)6-10-2-3-13-19-12(14(15,16)17)9-22(13)7-10/h4-5,9-10H,2-3,6-8H2,1H3,(H,18,20)/t10-/m1/s1. The van der Waals surface area contributed by atoms with Crippen molar-refractivity contribution >= 4 is 0 Å². The van der Waals surface area contributed by atoms with Crippen molar-refractivity contribution < 1.29 is 13.2 Å². The van der Waals surface area contributed by atoms with Gasteiger partial charge in [-0.15, -0.1) is 0 Å².